The van der Waals surface area contributed by atoms with E-state index in [1.165, 1.54) is 4.90 Å². The number of benzene rings is 1. The summed E-state index contributed by atoms with van der Waals surface area (Å²) in [5.74, 6) is -0.617. The highest BCUT2D eigenvalue weighted by molar-refractivity contribution is 6.31. The van der Waals surface area contributed by atoms with Gasteiger partial charge in [0.25, 0.3) is 5.91 Å². The van der Waals surface area contributed by atoms with Gasteiger partial charge < -0.3 is 62.8 Å². The van der Waals surface area contributed by atoms with Gasteiger partial charge in [-0.3, -0.25) is 20.0 Å². The van der Waals surface area contributed by atoms with Crippen molar-refractivity contribution in [3.8, 4) is 5.75 Å². The van der Waals surface area contributed by atoms with Gasteiger partial charge in [0.15, 0.2) is 28.4 Å². The van der Waals surface area contributed by atoms with Gasteiger partial charge in [-0.15, -0.1) is 24.8 Å². The lowest BCUT2D eigenvalue weighted by Crippen LogP contribution is -2.51. The predicted octanol–water partition coefficient (Wildman–Crippen LogP) is -2.96. The minimum atomic E-state index is -1.68. The zero-order valence-corrected chi connectivity index (χ0v) is 28.8. The fourth-order valence-corrected chi connectivity index (χ4v) is 4.37. The first-order valence-corrected chi connectivity index (χ1v) is 15.1. The lowest BCUT2D eigenvalue weighted by atomic mass is 10.1. The monoisotopic (exact) mass is 760 g/mol. The number of guanidine groups is 1. The van der Waals surface area contributed by atoms with E-state index in [9.17, 15) is 35.4 Å². The molecule has 21 heteroatoms. The number of aliphatic imine (C=N–C) groups is 1. The minimum absolute atomic E-state index is 0. The second kappa shape index (κ2) is 23.5. The van der Waals surface area contributed by atoms with Crippen molar-refractivity contribution in [1.82, 2.24) is 20.2 Å². The van der Waals surface area contributed by atoms with E-state index in [1.807, 2.05) is 12.1 Å². The predicted molar refractivity (Wildman–Crippen MR) is 186 cm³/mol. The number of nitrogens with zero attached hydrogens (tertiary/aromatic N) is 4. The number of hydrogen-bond donors (Lipinski definition) is 12. The van der Waals surface area contributed by atoms with Crippen molar-refractivity contribution >= 4 is 59.9 Å². The third kappa shape index (κ3) is 15.7. The zero-order chi connectivity index (χ0) is 35.1. The van der Waals surface area contributed by atoms with Crippen LogP contribution in [0.25, 0.3) is 0 Å². The van der Waals surface area contributed by atoms with Crippen molar-refractivity contribution < 1.29 is 50.4 Å². The van der Waals surface area contributed by atoms with Gasteiger partial charge in [-0.1, -0.05) is 23.7 Å². The Balaban J connectivity index is 0.0000115. The van der Waals surface area contributed by atoms with Gasteiger partial charge in [0, 0.05) is 26.2 Å². The van der Waals surface area contributed by atoms with Gasteiger partial charge in [0.1, 0.15) is 36.8 Å². The number of carbonyl (C=O) groups is 1. The van der Waals surface area contributed by atoms with Crippen molar-refractivity contribution in [2.24, 2.45) is 10.7 Å². The van der Waals surface area contributed by atoms with Crippen molar-refractivity contribution in [3.63, 3.8) is 0 Å². The van der Waals surface area contributed by atoms with Gasteiger partial charge >= 0.3 is 0 Å². The van der Waals surface area contributed by atoms with E-state index in [-0.39, 0.29) is 79.5 Å². The number of aliphatic hydroxyl groups is 8. The second-order valence-electron chi connectivity index (χ2n) is 10.7. The molecule has 0 saturated heterocycles. The van der Waals surface area contributed by atoms with Crippen LogP contribution in [0.4, 0.5) is 11.6 Å². The number of amides is 1. The molecule has 0 aliphatic heterocycles. The van der Waals surface area contributed by atoms with Crippen molar-refractivity contribution in [1.29, 1.82) is 0 Å². The van der Waals surface area contributed by atoms with Crippen molar-refractivity contribution in [3.05, 3.63) is 40.7 Å². The quantitative estimate of drug-likeness (QED) is 0.0364. The van der Waals surface area contributed by atoms with Crippen LogP contribution in [0.3, 0.4) is 0 Å². The molecule has 6 unspecified atom stereocenters. The molecular formula is C28H47Cl3N8O10. The summed E-state index contributed by atoms with van der Waals surface area (Å²) in [6.07, 6.45) is -7.42. The Kier molecular flexibility index (Phi) is 22.2. The van der Waals surface area contributed by atoms with Gasteiger partial charge in [0.05, 0.1) is 25.4 Å². The summed E-state index contributed by atoms with van der Waals surface area (Å²) in [5.41, 5.74) is 17.7. The van der Waals surface area contributed by atoms with Crippen molar-refractivity contribution in [2.45, 2.75) is 55.9 Å². The minimum Gasteiger partial charge on any atom is -0.492 e. The average molecular weight is 762 g/mol. The summed E-state index contributed by atoms with van der Waals surface area (Å²) >= 11 is 5.79. The largest absolute Gasteiger partial charge is 0.492 e. The number of halogens is 3. The molecule has 49 heavy (non-hydrogen) atoms. The maximum Gasteiger partial charge on any atom is 0.280 e. The molecule has 18 nitrogen and oxygen atoms in total. The third-order valence-electron chi connectivity index (χ3n) is 6.96. The molecule has 6 atom stereocenters. The van der Waals surface area contributed by atoms with Crippen LogP contribution in [0.1, 0.15) is 28.9 Å². The van der Waals surface area contributed by atoms with Crippen LogP contribution in [-0.2, 0) is 6.42 Å². The fraction of sp³-hybridized carbons (Fsp3) is 0.571. The lowest BCUT2D eigenvalue weighted by molar-refractivity contribution is -0.101. The van der Waals surface area contributed by atoms with Crippen molar-refractivity contribution in [2.75, 3.05) is 57.5 Å². The fourth-order valence-electron chi connectivity index (χ4n) is 4.24. The first kappa shape index (κ1) is 46.1. The highest BCUT2D eigenvalue weighted by Crippen LogP contribution is 2.17. The van der Waals surface area contributed by atoms with Crippen LogP contribution in [0.15, 0.2) is 29.3 Å². The standard InChI is InChI=1S/C28H45ClN8O10.2ClH/c29-24-26(31)35-25(30)21(34-24)27(46)36-28(32)33-8-2-1-3-15-4-6-16(7-5-15)47-10-9-37(11-17(40)22(44)19(42)13-38)12-18(41)23(45)20(43)14-39;;/h4-7,17-20,22-23,38-45H,1-3,8-14H2,(H4,30,31,35)(H3,32,33,36,46);2*1H. The third-order valence-corrected chi connectivity index (χ3v) is 7.24. The zero-order valence-electron chi connectivity index (χ0n) is 26.5. The SMILES string of the molecule is Cl.Cl.NC(=NCCCCc1ccc(OCCN(CC(O)C(O)C(O)CO)CC(O)C(O)C(O)CO)cc1)NC(=O)c1nc(Cl)c(N)nc1N. The summed E-state index contributed by atoms with van der Waals surface area (Å²) in [7, 11) is 0. The number of unbranched alkanes of at least 4 members (excludes halogenated alkanes) is 1. The van der Waals surface area contributed by atoms with E-state index in [0.29, 0.717) is 18.7 Å². The summed E-state index contributed by atoms with van der Waals surface area (Å²) in [5, 5.41) is 80.1. The molecule has 0 fully saturated rings. The average Bonchev–Trinajstić information content (AvgIpc) is 3.05. The highest BCUT2D eigenvalue weighted by Gasteiger charge is 2.30. The summed E-state index contributed by atoms with van der Waals surface area (Å²) in [4.78, 5) is 25.4. The van der Waals surface area contributed by atoms with Crippen LogP contribution >= 0.6 is 36.4 Å². The molecule has 1 heterocycles. The molecule has 0 radical (unpaired) electrons. The van der Waals surface area contributed by atoms with Crippen LogP contribution in [-0.4, -0.2) is 150 Å². The Hall–Kier alpha value is -2.85. The number of carbonyl (C=O) groups excluding carboxylic acids is 1. The summed E-state index contributed by atoms with van der Waals surface area (Å²) in [6.45, 7) is -1.60. The maximum absolute atomic E-state index is 12.3. The Labute approximate surface area is 300 Å². The molecular weight excluding hydrogens is 715 g/mol. The van der Waals surface area contributed by atoms with E-state index in [4.69, 9.17) is 43.8 Å². The van der Waals surface area contributed by atoms with Gasteiger partial charge in [-0.25, -0.2) is 9.97 Å². The number of anilines is 2. The smallest absolute Gasteiger partial charge is 0.280 e. The van der Waals surface area contributed by atoms with E-state index in [2.05, 4.69) is 20.3 Å². The van der Waals surface area contributed by atoms with E-state index < -0.39 is 55.7 Å². The Bertz CT molecular complexity index is 1260. The Morgan fingerprint density at radius 3 is 1.96 bits per heavy atom. The van der Waals surface area contributed by atoms with Crippen LogP contribution in [0, 0.1) is 0 Å². The highest BCUT2D eigenvalue weighted by atomic mass is 35.5. The molecule has 15 N–H and O–H groups in total. The van der Waals surface area contributed by atoms with E-state index >= 15 is 0 Å². The number of nitrogen functional groups attached to an aromatic ring is 2. The molecule has 1 amide bonds. The summed E-state index contributed by atoms with van der Waals surface area (Å²) in [6, 6.07) is 7.27. The lowest BCUT2D eigenvalue weighted by Gasteiger charge is -2.32. The molecule has 2 aromatic rings. The first-order valence-electron chi connectivity index (χ1n) is 14.7. The molecule has 0 spiro atoms. The topological polar surface area (TPSA) is 320 Å². The molecule has 0 aliphatic carbocycles. The summed E-state index contributed by atoms with van der Waals surface area (Å²) < 4.78 is 5.76. The second-order valence-corrected chi connectivity index (χ2v) is 11.0. The number of ether oxygens (including phenoxy) is 1. The molecule has 280 valence electrons. The van der Waals surface area contributed by atoms with Gasteiger partial charge in [0.2, 0.25) is 0 Å². The molecule has 1 aromatic carbocycles. The van der Waals surface area contributed by atoms with Crippen LogP contribution in [0.5, 0.6) is 5.75 Å². The van der Waals surface area contributed by atoms with Gasteiger partial charge in [-0.2, -0.15) is 0 Å². The normalized spacial score (nSPS) is 15.3. The number of hydrogen-bond acceptors (Lipinski definition) is 16. The van der Waals surface area contributed by atoms with E-state index in [0.717, 1.165) is 18.4 Å². The van der Waals surface area contributed by atoms with Crippen LogP contribution < -0.4 is 27.3 Å². The number of nitrogens with two attached hydrogens (primary N) is 3. The molecule has 0 aliphatic rings. The van der Waals surface area contributed by atoms with Gasteiger partial charge in [-0.05, 0) is 37.0 Å². The molecule has 1 aromatic heterocycles. The van der Waals surface area contributed by atoms with Crippen LogP contribution in [0.2, 0.25) is 5.15 Å². The van der Waals surface area contributed by atoms with E-state index in [1.54, 1.807) is 12.1 Å². The molecule has 2 rings (SSSR count). The number of rotatable bonds is 20. The Morgan fingerprint density at radius 2 is 1.43 bits per heavy atom. The molecule has 0 bridgehead atoms. The first-order chi connectivity index (χ1) is 22.3. The molecule has 0 saturated carbocycles. The number of aryl methyl sites for hydroxylation is 1. The number of nitrogens with one attached hydrogen (secondary N) is 1. The Morgan fingerprint density at radius 1 is 0.878 bits per heavy atom. The maximum atomic E-state index is 12.3. The number of aliphatic hydroxyl groups excluding tert-OH is 8. The number of aromatic nitrogens is 2.